The van der Waals surface area contributed by atoms with Gasteiger partial charge in [-0.15, -0.1) is 0 Å². The van der Waals surface area contributed by atoms with E-state index in [1.165, 1.54) is 6.20 Å². The van der Waals surface area contributed by atoms with Crippen molar-refractivity contribution in [2.75, 3.05) is 19.6 Å². The first-order valence-electron chi connectivity index (χ1n) is 7.51. The van der Waals surface area contributed by atoms with E-state index in [0.717, 1.165) is 49.6 Å². The van der Waals surface area contributed by atoms with Crippen LogP contribution in [0.4, 0.5) is 13.2 Å². The number of alkyl halides is 3. The number of amides is 1. The summed E-state index contributed by atoms with van der Waals surface area (Å²) in [4.78, 5) is 14.2. The first-order valence-corrected chi connectivity index (χ1v) is 7.51. The summed E-state index contributed by atoms with van der Waals surface area (Å²) in [6, 6.07) is 0.967. The van der Waals surface area contributed by atoms with Crippen LogP contribution in [0.2, 0.25) is 0 Å². The van der Waals surface area contributed by atoms with E-state index in [-0.39, 0.29) is 18.5 Å². The van der Waals surface area contributed by atoms with Crippen LogP contribution in [0.5, 0.6) is 0 Å². The SMILES string of the molecule is CCCN1CCC(NC(=O)Cn2ccc(C(F)(F)F)n2)CC1. The molecule has 1 fully saturated rings. The number of nitrogens with one attached hydrogen (secondary N) is 1. The van der Waals surface area contributed by atoms with Crippen molar-refractivity contribution in [2.45, 2.75) is 44.9 Å². The molecule has 0 bridgehead atoms. The molecule has 8 heteroatoms. The molecule has 1 aromatic rings. The van der Waals surface area contributed by atoms with Crippen molar-refractivity contribution in [3.63, 3.8) is 0 Å². The fourth-order valence-corrected chi connectivity index (χ4v) is 2.64. The molecule has 1 saturated heterocycles. The molecular weight excluding hydrogens is 297 g/mol. The summed E-state index contributed by atoms with van der Waals surface area (Å²) in [5.41, 5.74) is -0.979. The van der Waals surface area contributed by atoms with Gasteiger partial charge in [0.1, 0.15) is 6.54 Å². The predicted molar refractivity (Wildman–Crippen MR) is 75.1 cm³/mol. The van der Waals surface area contributed by atoms with Gasteiger partial charge in [0.25, 0.3) is 0 Å². The van der Waals surface area contributed by atoms with Gasteiger partial charge in [-0.3, -0.25) is 9.48 Å². The molecule has 1 N–H and O–H groups in total. The molecule has 5 nitrogen and oxygen atoms in total. The zero-order chi connectivity index (χ0) is 16.2. The van der Waals surface area contributed by atoms with Crippen LogP contribution in [0.15, 0.2) is 12.3 Å². The van der Waals surface area contributed by atoms with Crippen LogP contribution in [-0.2, 0) is 17.5 Å². The van der Waals surface area contributed by atoms with Crippen molar-refractivity contribution >= 4 is 5.91 Å². The van der Waals surface area contributed by atoms with Gasteiger partial charge in [-0.1, -0.05) is 6.92 Å². The van der Waals surface area contributed by atoms with Crippen molar-refractivity contribution in [1.29, 1.82) is 0 Å². The molecule has 0 aliphatic carbocycles. The van der Waals surface area contributed by atoms with Gasteiger partial charge in [0.05, 0.1) is 0 Å². The monoisotopic (exact) mass is 318 g/mol. The largest absolute Gasteiger partial charge is 0.435 e. The summed E-state index contributed by atoms with van der Waals surface area (Å²) < 4.78 is 38.3. The molecule has 1 amide bonds. The maximum atomic E-state index is 12.4. The van der Waals surface area contributed by atoms with Crippen LogP contribution in [0.25, 0.3) is 0 Å². The van der Waals surface area contributed by atoms with Gasteiger partial charge in [0.15, 0.2) is 5.69 Å². The van der Waals surface area contributed by atoms with E-state index in [2.05, 4.69) is 22.2 Å². The summed E-state index contributed by atoms with van der Waals surface area (Å²) in [5, 5.41) is 6.24. The van der Waals surface area contributed by atoms with Crippen LogP contribution < -0.4 is 5.32 Å². The first kappa shape index (κ1) is 16.8. The normalized spacial score (nSPS) is 17.6. The van der Waals surface area contributed by atoms with Crippen molar-refractivity contribution in [3.8, 4) is 0 Å². The third-order valence-electron chi connectivity index (χ3n) is 3.73. The van der Waals surface area contributed by atoms with Crippen LogP contribution in [0.1, 0.15) is 31.9 Å². The highest BCUT2D eigenvalue weighted by Gasteiger charge is 2.33. The Balaban J connectivity index is 1.78. The van der Waals surface area contributed by atoms with E-state index >= 15 is 0 Å². The van der Waals surface area contributed by atoms with Gasteiger partial charge in [-0.25, -0.2) is 0 Å². The van der Waals surface area contributed by atoms with Crippen LogP contribution in [0, 0.1) is 0 Å². The molecular formula is C14H21F3N4O. The number of carbonyl (C=O) groups is 1. The third kappa shape index (κ3) is 4.72. The van der Waals surface area contributed by atoms with Gasteiger partial charge in [0, 0.05) is 25.3 Å². The minimum absolute atomic E-state index is 0.0956. The van der Waals surface area contributed by atoms with Crippen LogP contribution in [0.3, 0.4) is 0 Å². The number of hydrogen-bond donors (Lipinski definition) is 1. The average molecular weight is 318 g/mol. The predicted octanol–water partition coefficient (Wildman–Crippen LogP) is 1.89. The second-order valence-electron chi connectivity index (χ2n) is 5.58. The quantitative estimate of drug-likeness (QED) is 0.902. The molecule has 0 spiro atoms. The molecule has 0 aromatic carbocycles. The van der Waals surface area contributed by atoms with Crippen molar-refractivity contribution in [3.05, 3.63) is 18.0 Å². The van der Waals surface area contributed by atoms with Crippen LogP contribution in [-0.4, -0.2) is 46.3 Å². The molecule has 22 heavy (non-hydrogen) atoms. The zero-order valence-electron chi connectivity index (χ0n) is 12.6. The minimum Gasteiger partial charge on any atom is -0.352 e. The van der Waals surface area contributed by atoms with Gasteiger partial charge < -0.3 is 10.2 Å². The Morgan fingerprint density at radius 3 is 2.64 bits per heavy atom. The molecule has 0 unspecified atom stereocenters. The Morgan fingerprint density at radius 1 is 1.41 bits per heavy atom. The number of halogens is 3. The highest BCUT2D eigenvalue weighted by atomic mass is 19.4. The van der Waals surface area contributed by atoms with Crippen LogP contribution >= 0.6 is 0 Å². The van der Waals surface area contributed by atoms with Gasteiger partial charge in [0.2, 0.25) is 5.91 Å². The standard InChI is InChI=1S/C14H21F3N4O/c1-2-6-20-7-3-11(4-8-20)18-13(22)10-21-9-5-12(19-21)14(15,16)17/h5,9,11H,2-4,6-8,10H2,1H3,(H,18,22). The smallest absolute Gasteiger partial charge is 0.352 e. The second kappa shape index (κ2) is 7.13. The Hall–Kier alpha value is -1.57. The number of nitrogens with zero attached hydrogens (tertiary/aromatic N) is 3. The topological polar surface area (TPSA) is 50.2 Å². The number of piperidine rings is 1. The number of aromatic nitrogens is 2. The Bertz CT molecular complexity index is 493. The summed E-state index contributed by atoms with van der Waals surface area (Å²) in [5.74, 6) is -0.300. The zero-order valence-corrected chi connectivity index (χ0v) is 12.6. The summed E-state index contributed by atoms with van der Waals surface area (Å²) in [7, 11) is 0. The first-order chi connectivity index (χ1) is 10.4. The van der Waals surface area contributed by atoms with Gasteiger partial charge in [-0.2, -0.15) is 18.3 Å². The fourth-order valence-electron chi connectivity index (χ4n) is 2.64. The lowest BCUT2D eigenvalue weighted by molar-refractivity contribution is -0.141. The van der Waals surface area contributed by atoms with E-state index in [0.29, 0.717) is 0 Å². The highest BCUT2D eigenvalue weighted by molar-refractivity contribution is 5.75. The molecule has 0 atom stereocenters. The molecule has 2 heterocycles. The fraction of sp³-hybridized carbons (Fsp3) is 0.714. The summed E-state index contributed by atoms with van der Waals surface area (Å²) >= 11 is 0. The third-order valence-corrected chi connectivity index (χ3v) is 3.73. The van der Waals surface area contributed by atoms with Crippen molar-refractivity contribution < 1.29 is 18.0 Å². The summed E-state index contributed by atoms with van der Waals surface area (Å²) in [6.45, 7) is 4.89. The highest BCUT2D eigenvalue weighted by Crippen LogP contribution is 2.27. The number of likely N-dealkylation sites (tertiary alicyclic amines) is 1. The lowest BCUT2D eigenvalue weighted by Crippen LogP contribution is -2.45. The Labute approximate surface area is 127 Å². The van der Waals surface area contributed by atoms with Gasteiger partial charge >= 0.3 is 6.18 Å². The lowest BCUT2D eigenvalue weighted by atomic mass is 10.0. The van der Waals surface area contributed by atoms with Crippen molar-refractivity contribution in [1.82, 2.24) is 20.0 Å². The molecule has 0 saturated carbocycles. The maximum absolute atomic E-state index is 12.4. The Morgan fingerprint density at radius 2 is 2.09 bits per heavy atom. The molecule has 1 aromatic heterocycles. The number of hydrogen-bond acceptors (Lipinski definition) is 3. The van der Waals surface area contributed by atoms with Gasteiger partial charge in [-0.05, 0) is 31.9 Å². The molecule has 1 aliphatic rings. The van der Waals surface area contributed by atoms with E-state index in [1.54, 1.807) is 0 Å². The average Bonchev–Trinajstić information content (AvgIpc) is 2.89. The van der Waals surface area contributed by atoms with E-state index in [4.69, 9.17) is 0 Å². The lowest BCUT2D eigenvalue weighted by Gasteiger charge is -2.32. The maximum Gasteiger partial charge on any atom is 0.435 e. The van der Waals surface area contributed by atoms with Crippen molar-refractivity contribution in [2.24, 2.45) is 0 Å². The van der Waals surface area contributed by atoms with E-state index < -0.39 is 11.9 Å². The van der Waals surface area contributed by atoms with E-state index in [1.807, 2.05) is 0 Å². The number of carbonyl (C=O) groups excluding carboxylic acids is 1. The Kier molecular flexibility index (Phi) is 5.44. The molecule has 2 rings (SSSR count). The van der Waals surface area contributed by atoms with E-state index in [9.17, 15) is 18.0 Å². The molecule has 1 aliphatic heterocycles. The minimum atomic E-state index is -4.48. The summed E-state index contributed by atoms with van der Waals surface area (Å²) in [6.07, 6.45) is -0.449. The molecule has 0 radical (unpaired) electrons. The second-order valence-corrected chi connectivity index (χ2v) is 5.58. The number of rotatable bonds is 5. The molecule has 124 valence electrons.